The molecule has 0 aromatic rings. The first-order chi connectivity index (χ1) is 6.74. The van der Waals surface area contributed by atoms with Crippen molar-refractivity contribution in [2.45, 2.75) is 38.1 Å². The summed E-state index contributed by atoms with van der Waals surface area (Å²) in [6.07, 6.45) is 3.40. The van der Waals surface area contributed by atoms with Gasteiger partial charge in [0.15, 0.2) is 0 Å². The maximum Gasteiger partial charge on any atom is 0.230 e. The van der Waals surface area contributed by atoms with Crippen molar-refractivity contribution in [2.24, 2.45) is 5.92 Å². The van der Waals surface area contributed by atoms with E-state index in [4.69, 9.17) is 5.26 Å². The van der Waals surface area contributed by atoms with Crippen LogP contribution in [0.25, 0.3) is 0 Å². The number of nitriles is 1. The van der Waals surface area contributed by atoms with E-state index >= 15 is 0 Å². The zero-order valence-electron chi connectivity index (χ0n) is 7.90. The number of hydrogen-bond acceptors (Lipinski definition) is 3. The Hall–Kier alpha value is -1.37. The molecule has 1 aliphatic heterocycles. The molecule has 1 saturated heterocycles. The summed E-state index contributed by atoms with van der Waals surface area (Å²) in [4.78, 5) is 24.2. The van der Waals surface area contributed by atoms with Crippen molar-refractivity contribution >= 4 is 11.8 Å². The molecule has 2 amide bonds. The van der Waals surface area contributed by atoms with Crippen LogP contribution in [0.3, 0.4) is 0 Å². The summed E-state index contributed by atoms with van der Waals surface area (Å²) >= 11 is 0. The predicted molar refractivity (Wildman–Crippen MR) is 47.8 cm³/mol. The minimum Gasteiger partial charge on any atom is -0.274 e. The number of imide groups is 1. The Morgan fingerprint density at radius 2 is 1.86 bits per heavy atom. The maximum atomic E-state index is 11.5. The lowest BCUT2D eigenvalue weighted by molar-refractivity contribution is -0.150. The zero-order chi connectivity index (χ0) is 10.1. The number of piperidine rings is 1. The molecule has 2 fully saturated rings. The summed E-state index contributed by atoms with van der Waals surface area (Å²) in [7, 11) is 0. The number of nitrogens with zero attached hydrogens (tertiary/aromatic N) is 2. The molecule has 0 aromatic heterocycles. The lowest BCUT2D eigenvalue weighted by Gasteiger charge is -2.28. The van der Waals surface area contributed by atoms with Gasteiger partial charge < -0.3 is 0 Å². The second-order valence-electron chi connectivity index (χ2n) is 3.92. The Balaban J connectivity index is 2.16. The molecule has 0 radical (unpaired) electrons. The molecule has 2 rings (SSSR count). The van der Waals surface area contributed by atoms with Crippen LogP contribution in [0, 0.1) is 17.2 Å². The molecule has 1 unspecified atom stereocenters. The van der Waals surface area contributed by atoms with Gasteiger partial charge in [0.2, 0.25) is 11.8 Å². The van der Waals surface area contributed by atoms with Crippen LogP contribution >= 0.6 is 0 Å². The minimum atomic E-state index is -0.490. The lowest BCUT2D eigenvalue weighted by atomic mass is 10.0. The van der Waals surface area contributed by atoms with Crippen molar-refractivity contribution < 1.29 is 9.59 Å². The summed E-state index contributed by atoms with van der Waals surface area (Å²) in [5.41, 5.74) is 0. The number of rotatable bonds is 2. The van der Waals surface area contributed by atoms with Gasteiger partial charge in [-0.25, -0.2) is 0 Å². The molecule has 1 heterocycles. The lowest BCUT2D eigenvalue weighted by Crippen LogP contribution is -2.47. The van der Waals surface area contributed by atoms with E-state index in [1.165, 1.54) is 4.90 Å². The van der Waals surface area contributed by atoms with Crippen molar-refractivity contribution in [3.8, 4) is 6.07 Å². The summed E-state index contributed by atoms with van der Waals surface area (Å²) in [5, 5.41) is 8.93. The summed E-state index contributed by atoms with van der Waals surface area (Å²) in [6.45, 7) is 0. The van der Waals surface area contributed by atoms with Crippen LogP contribution in [0.1, 0.15) is 32.1 Å². The highest BCUT2D eigenvalue weighted by molar-refractivity contribution is 5.98. The Labute approximate surface area is 82.5 Å². The summed E-state index contributed by atoms with van der Waals surface area (Å²) < 4.78 is 0. The van der Waals surface area contributed by atoms with Crippen LogP contribution in [-0.2, 0) is 9.59 Å². The Morgan fingerprint density at radius 3 is 2.29 bits per heavy atom. The second kappa shape index (κ2) is 3.41. The molecule has 1 atom stereocenters. The van der Waals surface area contributed by atoms with Crippen molar-refractivity contribution in [2.75, 3.05) is 0 Å². The molecular formula is C10H12N2O2. The number of amides is 2. The van der Waals surface area contributed by atoms with Gasteiger partial charge in [0.05, 0.1) is 6.07 Å². The molecule has 14 heavy (non-hydrogen) atoms. The minimum absolute atomic E-state index is 0.167. The van der Waals surface area contributed by atoms with E-state index < -0.39 is 6.04 Å². The topological polar surface area (TPSA) is 61.2 Å². The van der Waals surface area contributed by atoms with Crippen molar-refractivity contribution in [3.63, 3.8) is 0 Å². The van der Waals surface area contributed by atoms with Gasteiger partial charge in [-0.2, -0.15) is 5.26 Å². The third-order valence-corrected chi connectivity index (χ3v) is 2.80. The third kappa shape index (κ3) is 1.50. The predicted octanol–water partition coefficient (Wildman–Crippen LogP) is 0.828. The molecule has 74 valence electrons. The van der Waals surface area contributed by atoms with Crippen LogP contribution in [0.2, 0.25) is 0 Å². The van der Waals surface area contributed by atoms with Crippen LogP contribution in [0.5, 0.6) is 0 Å². The standard InChI is InChI=1S/C10H12N2O2/c11-6-8(7-4-5-7)12-9(13)2-1-3-10(12)14/h7-8H,1-5H2. The van der Waals surface area contributed by atoms with Gasteiger partial charge >= 0.3 is 0 Å². The first kappa shape index (κ1) is 9.20. The van der Waals surface area contributed by atoms with E-state index in [1.807, 2.05) is 0 Å². The molecule has 0 aromatic carbocycles. The highest BCUT2D eigenvalue weighted by Crippen LogP contribution is 2.36. The Morgan fingerprint density at radius 1 is 1.29 bits per heavy atom. The van der Waals surface area contributed by atoms with Crippen molar-refractivity contribution in [1.82, 2.24) is 4.90 Å². The number of carbonyl (C=O) groups excluding carboxylic acids is 2. The van der Waals surface area contributed by atoms with Crippen molar-refractivity contribution in [1.29, 1.82) is 5.26 Å². The Bertz CT molecular complexity index is 299. The fourth-order valence-electron chi connectivity index (χ4n) is 1.87. The van der Waals surface area contributed by atoms with Gasteiger partial charge in [-0.1, -0.05) is 0 Å². The SMILES string of the molecule is N#CC(C1CC1)N1C(=O)CCCC1=O. The molecular weight excluding hydrogens is 180 g/mol. The molecule has 0 bridgehead atoms. The first-order valence-electron chi connectivity index (χ1n) is 4.98. The van der Waals surface area contributed by atoms with E-state index in [9.17, 15) is 9.59 Å². The van der Waals surface area contributed by atoms with E-state index in [2.05, 4.69) is 6.07 Å². The molecule has 4 nitrogen and oxygen atoms in total. The van der Waals surface area contributed by atoms with Gasteiger partial charge in [-0.3, -0.25) is 14.5 Å². The Kier molecular flexibility index (Phi) is 2.24. The van der Waals surface area contributed by atoms with Gasteiger partial charge in [0.1, 0.15) is 6.04 Å². The molecule has 2 aliphatic rings. The highest BCUT2D eigenvalue weighted by atomic mass is 16.2. The van der Waals surface area contributed by atoms with Gasteiger partial charge in [0.25, 0.3) is 0 Å². The van der Waals surface area contributed by atoms with E-state index in [0.717, 1.165) is 12.8 Å². The van der Waals surface area contributed by atoms with Crippen LogP contribution in [0.15, 0.2) is 0 Å². The largest absolute Gasteiger partial charge is 0.274 e. The maximum absolute atomic E-state index is 11.5. The van der Waals surface area contributed by atoms with E-state index in [-0.39, 0.29) is 17.7 Å². The van der Waals surface area contributed by atoms with Crippen LogP contribution in [-0.4, -0.2) is 22.8 Å². The number of carbonyl (C=O) groups is 2. The van der Waals surface area contributed by atoms with Gasteiger partial charge in [-0.15, -0.1) is 0 Å². The average Bonchev–Trinajstić information content (AvgIpc) is 2.95. The fourth-order valence-corrected chi connectivity index (χ4v) is 1.87. The second-order valence-corrected chi connectivity index (χ2v) is 3.92. The highest BCUT2D eigenvalue weighted by Gasteiger charge is 2.41. The third-order valence-electron chi connectivity index (χ3n) is 2.80. The summed E-state index contributed by atoms with van der Waals surface area (Å²) in [6, 6.07) is 1.59. The molecule has 1 aliphatic carbocycles. The van der Waals surface area contributed by atoms with Crippen molar-refractivity contribution in [3.05, 3.63) is 0 Å². The van der Waals surface area contributed by atoms with E-state index in [0.29, 0.717) is 19.3 Å². The molecule has 0 spiro atoms. The smallest absolute Gasteiger partial charge is 0.230 e. The van der Waals surface area contributed by atoms with Crippen LogP contribution in [0.4, 0.5) is 0 Å². The number of hydrogen-bond donors (Lipinski definition) is 0. The first-order valence-corrected chi connectivity index (χ1v) is 4.98. The normalized spacial score (nSPS) is 24.6. The zero-order valence-corrected chi connectivity index (χ0v) is 7.90. The summed E-state index contributed by atoms with van der Waals surface area (Å²) in [5.74, 6) is -0.0922. The quantitative estimate of drug-likeness (QED) is 0.609. The fraction of sp³-hybridized carbons (Fsp3) is 0.700. The molecule has 4 heteroatoms. The van der Waals surface area contributed by atoms with E-state index in [1.54, 1.807) is 0 Å². The number of likely N-dealkylation sites (tertiary alicyclic amines) is 1. The average molecular weight is 192 g/mol. The molecule has 0 N–H and O–H groups in total. The van der Waals surface area contributed by atoms with Gasteiger partial charge in [0, 0.05) is 12.8 Å². The molecule has 1 saturated carbocycles. The monoisotopic (exact) mass is 192 g/mol. The van der Waals surface area contributed by atoms with Gasteiger partial charge in [-0.05, 0) is 25.2 Å². The van der Waals surface area contributed by atoms with Crippen LogP contribution < -0.4 is 0 Å².